The largest absolute Gasteiger partial charge is 0.478 e. The molecule has 1 N–H and O–H groups in total. The number of hydrogen-bond acceptors (Lipinski definition) is 3. The maximum absolute atomic E-state index is 14.0. The van der Waals surface area contributed by atoms with E-state index in [1.165, 1.54) is 35.2 Å². The van der Waals surface area contributed by atoms with Gasteiger partial charge in [-0.2, -0.15) is 0 Å². The van der Waals surface area contributed by atoms with Crippen molar-refractivity contribution in [2.45, 2.75) is 13.5 Å². The molecule has 0 aliphatic heterocycles. The number of nitrogens with zero attached hydrogens (tertiary/aromatic N) is 2. The molecular weight excluding hydrogens is 275 g/mol. The molecule has 0 saturated heterocycles. The Labute approximate surface area is 120 Å². The molecule has 0 unspecified atom stereocenters. The number of carboxylic acid groups (broad SMARTS) is 1. The highest BCUT2D eigenvalue weighted by atomic mass is 19.1. The average molecular weight is 288 g/mol. The molecule has 1 aromatic heterocycles. The third-order valence-corrected chi connectivity index (χ3v) is 2.85. The van der Waals surface area contributed by atoms with Crippen molar-refractivity contribution in [3.05, 3.63) is 69.7 Å². The zero-order valence-corrected chi connectivity index (χ0v) is 11.3. The van der Waals surface area contributed by atoms with Crippen LogP contribution in [0.1, 0.15) is 16.8 Å². The van der Waals surface area contributed by atoms with E-state index in [0.29, 0.717) is 16.8 Å². The van der Waals surface area contributed by atoms with Crippen LogP contribution < -0.4 is 5.56 Å². The molecule has 0 bridgehead atoms. The second kappa shape index (κ2) is 6.13. The first-order chi connectivity index (χ1) is 9.95. The van der Waals surface area contributed by atoms with Crippen LogP contribution in [0.5, 0.6) is 0 Å². The lowest BCUT2D eigenvalue weighted by molar-refractivity contribution is -0.131. The van der Waals surface area contributed by atoms with Gasteiger partial charge in [-0.15, -0.1) is 0 Å². The van der Waals surface area contributed by atoms with Crippen LogP contribution in [0.4, 0.5) is 4.39 Å². The number of carbonyl (C=O) groups is 1. The van der Waals surface area contributed by atoms with E-state index in [4.69, 9.17) is 5.11 Å². The Bertz CT molecular complexity index is 766. The van der Waals surface area contributed by atoms with Crippen LogP contribution >= 0.6 is 0 Å². The summed E-state index contributed by atoms with van der Waals surface area (Å²) in [5.41, 5.74) is 1.12. The van der Waals surface area contributed by atoms with Crippen LogP contribution in [0.2, 0.25) is 0 Å². The zero-order chi connectivity index (χ0) is 15.4. The molecule has 0 saturated carbocycles. The standard InChI is InChI=1S/C15H13FN2O3/c1-10-6-14(19)18(9-17-10)8-12-4-2-11(7-13(12)16)3-5-15(20)21/h2-7,9H,8H2,1H3,(H,20,21). The topological polar surface area (TPSA) is 72.2 Å². The van der Waals surface area contributed by atoms with E-state index in [2.05, 4.69) is 4.98 Å². The van der Waals surface area contributed by atoms with Gasteiger partial charge in [0.1, 0.15) is 5.82 Å². The molecule has 2 aromatic rings. The van der Waals surface area contributed by atoms with Crippen LogP contribution in [-0.2, 0) is 11.3 Å². The summed E-state index contributed by atoms with van der Waals surface area (Å²) < 4.78 is 15.3. The predicted molar refractivity (Wildman–Crippen MR) is 75.4 cm³/mol. The van der Waals surface area contributed by atoms with Crippen molar-refractivity contribution in [2.75, 3.05) is 0 Å². The van der Waals surface area contributed by atoms with Gasteiger partial charge in [0.2, 0.25) is 0 Å². The maximum atomic E-state index is 14.0. The summed E-state index contributed by atoms with van der Waals surface area (Å²) in [6.07, 6.45) is 3.60. The number of hydrogen-bond donors (Lipinski definition) is 1. The van der Waals surface area contributed by atoms with Crippen LogP contribution in [-0.4, -0.2) is 20.6 Å². The highest BCUT2D eigenvalue weighted by Gasteiger charge is 2.05. The van der Waals surface area contributed by atoms with Gasteiger partial charge in [0.05, 0.1) is 12.9 Å². The minimum Gasteiger partial charge on any atom is -0.478 e. The molecule has 0 amide bonds. The van der Waals surface area contributed by atoms with Gasteiger partial charge in [-0.05, 0) is 24.6 Å². The fourth-order valence-corrected chi connectivity index (χ4v) is 1.78. The lowest BCUT2D eigenvalue weighted by Gasteiger charge is -2.07. The van der Waals surface area contributed by atoms with E-state index in [0.717, 1.165) is 6.08 Å². The lowest BCUT2D eigenvalue weighted by atomic mass is 10.1. The van der Waals surface area contributed by atoms with Gasteiger partial charge in [-0.1, -0.05) is 12.1 Å². The van der Waals surface area contributed by atoms with Crippen LogP contribution in [0.25, 0.3) is 6.08 Å². The number of carboxylic acids is 1. The Morgan fingerprint density at radius 1 is 1.43 bits per heavy atom. The number of aryl methyl sites for hydroxylation is 1. The highest BCUT2D eigenvalue weighted by molar-refractivity contribution is 5.85. The van der Waals surface area contributed by atoms with Gasteiger partial charge in [-0.3, -0.25) is 9.36 Å². The Hall–Kier alpha value is -2.76. The quantitative estimate of drug-likeness (QED) is 0.871. The van der Waals surface area contributed by atoms with Crippen molar-refractivity contribution in [1.82, 2.24) is 9.55 Å². The van der Waals surface area contributed by atoms with Crippen LogP contribution in [0.15, 0.2) is 41.5 Å². The fraction of sp³-hybridized carbons (Fsp3) is 0.133. The smallest absolute Gasteiger partial charge is 0.328 e. The third kappa shape index (κ3) is 3.85. The number of aromatic nitrogens is 2. The average Bonchev–Trinajstić information content (AvgIpc) is 2.42. The van der Waals surface area contributed by atoms with E-state index < -0.39 is 11.8 Å². The molecule has 108 valence electrons. The molecule has 0 radical (unpaired) electrons. The van der Waals surface area contributed by atoms with Crippen molar-refractivity contribution in [3.63, 3.8) is 0 Å². The van der Waals surface area contributed by atoms with Crippen LogP contribution in [0.3, 0.4) is 0 Å². The number of rotatable bonds is 4. The molecule has 0 fully saturated rings. The summed E-state index contributed by atoms with van der Waals surface area (Å²) in [6, 6.07) is 5.71. The Kier molecular flexibility index (Phi) is 4.27. The molecule has 2 rings (SSSR count). The van der Waals surface area contributed by atoms with Gasteiger partial charge in [0.15, 0.2) is 0 Å². The minimum atomic E-state index is -1.10. The second-order valence-electron chi connectivity index (χ2n) is 4.52. The monoisotopic (exact) mass is 288 g/mol. The van der Waals surface area contributed by atoms with Gasteiger partial charge >= 0.3 is 5.97 Å². The van der Waals surface area contributed by atoms with Gasteiger partial charge in [0, 0.05) is 23.4 Å². The summed E-state index contributed by atoms with van der Waals surface area (Å²) in [5.74, 6) is -1.60. The molecule has 5 nitrogen and oxygen atoms in total. The molecule has 1 heterocycles. The minimum absolute atomic E-state index is 0.0703. The van der Waals surface area contributed by atoms with Crippen molar-refractivity contribution in [3.8, 4) is 0 Å². The Morgan fingerprint density at radius 3 is 2.81 bits per heavy atom. The first kappa shape index (κ1) is 14.6. The van der Waals surface area contributed by atoms with Crippen LogP contribution in [0, 0.1) is 12.7 Å². The summed E-state index contributed by atoms with van der Waals surface area (Å²) in [5, 5.41) is 8.52. The van der Waals surface area contributed by atoms with Crippen molar-refractivity contribution < 1.29 is 14.3 Å². The molecule has 0 atom stereocenters. The normalized spacial score (nSPS) is 11.0. The fourth-order valence-electron chi connectivity index (χ4n) is 1.78. The molecule has 0 aliphatic rings. The number of halogens is 1. The molecular formula is C15H13FN2O3. The Balaban J connectivity index is 2.25. The van der Waals surface area contributed by atoms with Crippen molar-refractivity contribution in [1.29, 1.82) is 0 Å². The summed E-state index contributed by atoms with van der Waals surface area (Å²) in [6.45, 7) is 1.77. The summed E-state index contributed by atoms with van der Waals surface area (Å²) in [7, 11) is 0. The summed E-state index contributed by atoms with van der Waals surface area (Å²) in [4.78, 5) is 26.1. The summed E-state index contributed by atoms with van der Waals surface area (Å²) >= 11 is 0. The first-order valence-electron chi connectivity index (χ1n) is 6.18. The van der Waals surface area contributed by atoms with E-state index in [9.17, 15) is 14.0 Å². The van der Waals surface area contributed by atoms with Crippen molar-refractivity contribution in [2.24, 2.45) is 0 Å². The third-order valence-electron chi connectivity index (χ3n) is 2.85. The lowest BCUT2D eigenvalue weighted by Crippen LogP contribution is -2.21. The SMILES string of the molecule is Cc1cc(=O)n(Cc2ccc(C=CC(=O)O)cc2F)cn1. The first-order valence-corrected chi connectivity index (χ1v) is 6.18. The molecule has 1 aromatic carbocycles. The van der Waals surface area contributed by atoms with E-state index >= 15 is 0 Å². The number of benzene rings is 1. The zero-order valence-electron chi connectivity index (χ0n) is 11.3. The van der Waals surface area contributed by atoms with Gasteiger partial charge in [-0.25, -0.2) is 14.2 Å². The predicted octanol–water partition coefficient (Wildman–Crippen LogP) is 1.84. The van der Waals surface area contributed by atoms with E-state index in [1.807, 2.05) is 0 Å². The molecule has 0 aliphatic carbocycles. The Morgan fingerprint density at radius 2 is 2.19 bits per heavy atom. The van der Waals surface area contributed by atoms with Gasteiger partial charge in [0.25, 0.3) is 5.56 Å². The molecule has 6 heteroatoms. The van der Waals surface area contributed by atoms with E-state index in [-0.39, 0.29) is 12.1 Å². The molecule has 21 heavy (non-hydrogen) atoms. The highest BCUT2D eigenvalue weighted by Crippen LogP contribution is 2.12. The van der Waals surface area contributed by atoms with Gasteiger partial charge < -0.3 is 5.11 Å². The maximum Gasteiger partial charge on any atom is 0.328 e. The van der Waals surface area contributed by atoms with E-state index in [1.54, 1.807) is 13.0 Å². The number of aliphatic carboxylic acids is 1. The van der Waals surface area contributed by atoms with Crippen molar-refractivity contribution >= 4 is 12.0 Å². The molecule has 0 spiro atoms. The second-order valence-corrected chi connectivity index (χ2v) is 4.52.